The van der Waals surface area contributed by atoms with E-state index < -0.39 is 11.9 Å². The van der Waals surface area contributed by atoms with Crippen LogP contribution < -0.4 is 0 Å². The normalized spacial score (nSPS) is 12.3. The van der Waals surface area contributed by atoms with Crippen LogP contribution in [-0.4, -0.2) is 48.5 Å². The second-order valence-electron chi connectivity index (χ2n) is 12.9. The lowest BCUT2D eigenvalue weighted by Gasteiger charge is -2.23. The fourth-order valence-electron chi connectivity index (χ4n) is 6.94. The molecule has 2 N–H and O–H groups in total. The van der Waals surface area contributed by atoms with E-state index in [0.717, 1.165) is 79.8 Å². The summed E-state index contributed by atoms with van der Waals surface area (Å²) in [6, 6.07) is 25.2. The second kappa shape index (κ2) is 15.3. The van der Waals surface area contributed by atoms with Gasteiger partial charge in [0.25, 0.3) is 0 Å². The molecule has 0 amide bonds. The van der Waals surface area contributed by atoms with Gasteiger partial charge in [0.05, 0.1) is 11.4 Å². The van der Waals surface area contributed by atoms with Crippen LogP contribution in [0, 0.1) is 13.8 Å². The first-order valence-corrected chi connectivity index (χ1v) is 17.0. The highest BCUT2D eigenvalue weighted by Crippen LogP contribution is 2.37. The summed E-state index contributed by atoms with van der Waals surface area (Å²) in [6.45, 7) is 6.68. The van der Waals surface area contributed by atoms with Gasteiger partial charge in [-0.15, -0.1) is 0 Å². The van der Waals surface area contributed by atoms with Crippen molar-refractivity contribution in [3.05, 3.63) is 136 Å². The average Bonchev–Trinajstić information content (AvgIpc) is 3.58. The van der Waals surface area contributed by atoms with Crippen molar-refractivity contribution in [1.82, 2.24) is 19.9 Å². The Bertz CT molecular complexity index is 1920. The molecule has 3 aromatic heterocycles. The standard InChI is InChI=1S/C41H42N4O4/c1-27-28(2)38(37-31(18-19-36(46)47)20-21-42-40(37)41(48)49)43-24-35(27)39-34-17-9-15-32(34)23-33(44-39)16-10-22-45(25-29-11-5-3-6-12-29)26-30-13-7-4-8-14-30/h3-8,11-14,20-21,23-24H,9-10,15-19,22,25-26H2,1-2H3,(H,46,47)(H,48,49). The highest BCUT2D eigenvalue weighted by atomic mass is 16.4. The molecule has 0 unspecified atom stereocenters. The fourth-order valence-corrected chi connectivity index (χ4v) is 6.94. The molecule has 0 atom stereocenters. The number of hydrogen-bond donors (Lipinski definition) is 2. The van der Waals surface area contributed by atoms with Gasteiger partial charge in [-0.3, -0.25) is 19.7 Å². The second-order valence-corrected chi connectivity index (χ2v) is 12.9. The summed E-state index contributed by atoms with van der Waals surface area (Å²) in [7, 11) is 0. The molecule has 0 radical (unpaired) electrons. The largest absolute Gasteiger partial charge is 0.481 e. The highest BCUT2D eigenvalue weighted by Gasteiger charge is 2.25. The van der Waals surface area contributed by atoms with Gasteiger partial charge >= 0.3 is 11.9 Å². The molecular weight excluding hydrogens is 612 g/mol. The van der Waals surface area contributed by atoms with E-state index in [4.69, 9.17) is 9.97 Å². The number of fused-ring (bicyclic) bond motifs is 1. The minimum absolute atomic E-state index is 0.120. The molecule has 0 spiro atoms. The number of aliphatic carboxylic acids is 1. The quantitative estimate of drug-likeness (QED) is 0.125. The van der Waals surface area contributed by atoms with Gasteiger partial charge in [-0.2, -0.15) is 0 Å². The summed E-state index contributed by atoms with van der Waals surface area (Å²) in [5.41, 5.74) is 11.4. The molecule has 6 rings (SSSR count). The number of benzene rings is 2. The molecule has 0 saturated heterocycles. The van der Waals surface area contributed by atoms with Crippen LogP contribution in [0.4, 0.5) is 0 Å². The van der Waals surface area contributed by atoms with Crippen molar-refractivity contribution in [2.75, 3.05) is 6.54 Å². The third-order valence-corrected chi connectivity index (χ3v) is 9.53. The van der Waals surface area contributed by atoms with Crippen molar-refractivity contribution in [2.24, 2.45) is 0 Å². The SMILES string of the molecule is Cc1c(-c2nc(CCCN(Cc3ccccc3)Cc3ccccc3)cc3c2CCC3)cnc(-c2c(CCC(=O)O)ccnc2C(=O)O)c1C. The Morgan fingerprint density at radius 3 is 2.16 bits per heavy atom. The number of nitrogens with zero attached hydrogens (tertiary/aromatic N) is 4. The third-order valence-electron chi connectivity index (χ3n) is 9.53. The Kier molecular flexibility index (Phi) is 10.5. The van der Waals surface area contributed by atoms with Gasteiger partial charge in [0.2, 0.25) is 0 Å². The van der Waals surface area contributed by atoms with Gasteiger partial charge in [0, 0.05) is 48.7 Å². The zero-order valence-corrected chi connectivity index (χ0v) is 28.2. The third kappa shape index (κ3) is 7.92. The number of hydrogen-bond acceptors (Lipinski definition) is 6. The summed E-state index contributed by atoms with van der Waals surface area (Å²) < 4.78 is 0. The number of aromatic carboxylic acids is 1. The van der Waals surface area contributed by atoms with E-state index >= 15 is 0 Å². The van der Waals surface area contributed by atoms with Gasteiger partial charge in [-0.1, -0.05) is 60.7 Å². The molecular formula is C41H42N4O4. The van der Waals surface area contributed by atoms with E-state index in [9.17, 15) is 19.8 Å². The van der Waals surface area contributed by atoms with Crippen LogP contribution in [-0.2, 0) is 43.6 Å². The van der Waals surface area contributed by atoms with E-state index in [1.807, 2.05) is 20.0 Å². The molecule has 1 aliphatic rings. The molecule has 250 valence electrons. The van der Waals surface area contributed by atoms with E-state index in [0.29, 0.717) is 16.8 Å². The van der Waals surface area contributed by atoms with Crippen LogP contribution >= 0.6 is 0 Å². The number of carbonyl (C=O) groups is 2. The zero-order chi connectivity index (χ0) is 34.3. The Labute approximate surface area is 287 Å². The lowest BCUT2D eigenvalue weighted by atomic mass is 9.91. The topological polar surface area (TPSA) is 117 Å². The molecule has 49 heavy (non-hydrogen) atoms. The van der Waals surface area contributed by atoms with Crippen molar-refractivity contribution in [2.45, 2.75) is 71.9 Å². The van der Waals surface area contributed by atoms with Gasteiger partial charge < -0.3 is 10.2 Å². The number of carboxylic acids is 2. The highest BCUT2D eigenvalue weighted by molar-refractivity contribution is 5.95. The van der Waals surface area contributed by atoms with Crippen LogP contribution in [0.3, 0.4) is 0 Å². The number of carboxylic acid groups (broad SMARTS) is 2. The lowest BCUT2D eigenvalue weighted by molar-refractivity contribution is -0.136. The molecule has 3 heterocycles. The van der Waals surface area contributed by atoms with Gasteiger partial charge in [-0.05, 0) is 110 Å². The van der Waals surface area contributed by atoms with Crippen LogP contribution in [0.25, 0.3) is 22.5 Å². The zero-order valence-electron chi connectivity index (χ0n) is 28.2. The molecule has 5 aromatic rings. The fraction of sp³-hybridized carbons (Fsp3) is 0.293. The Morgan fingerprint density at radius 1 is 0.816 bits per heavy atom. The molecule has 0 aliphatic heterocycles. The van der Waals surface area contributed by atoms with Crippen molar-refractivity contribution in [1.29, 1.82) is 0 Å². The van der Waals surface area contributed by atoms with Crippen molar-refractivity contribution in [3.63, 3.8) is 0 Å². The van der Waals surface area contributed by atoms with E-state index in [2.05, 4.69) is 76.6 Å². The van der Waals surface area contributed by atoms with E-state index in [1.54, 1.807) is 6.07 Å². The summed E-state index contributed by atoms with van der Waals surface area (Å²) in [5, 5.41) is 19.3. The molecule has 1 aliphatic carbocycles. The lowest BCUT2D eigenvalue weighted by Crippen LogP contribution is -2.24. The number of aryl methyl sites for hydroxylation is 3. The predicted octanol–water partition coefficient (Wildman–Crippen LogP) is 7.66. The summed E-state index contributed by atoms with van der Waals surface area (Å²) in [6.07, 6.45) is 8.19. The summed E-state index contributed by atoms with van der Waals surface area (Å²) >= 11 is 0. The molecule has 0 bridgehead atoms. The van der Waals surface area contributed by atoms with Gasteiger partial charge in [-0.25, -0.2) is 9.78 Å². The minimum atomic E-state index is -1.17. The first-order valence-electron chi connectivity index (χ1n) is 17.0. The summed E-state index contributed by atoms with van der Waals surface area (Å²) in [4.78, 5) is 40.3. The maximum Gasteiger partial charge on any atom is 0.355 e. The first-order chi connectivity index (χ1) is 23.8. The Hall–Kier alpha value is -5.21. The minimum Gasteiger partial charge on any atom is -0.481 e. The monoisotopic (exact) mass is 654 g/mol. The molecule has 8 heteroatoms. The van der Waals surface area contributed by atoms with Crippen molar-refractivity contribution < 1.29 is 19.8 Å². The van der Waals surface area contributed by atoms with E-state index in [-0.39, 0.29) is 18.5 Å². The Morgan fingerprint density at radius 2 is 1.51 bits per heavy atom. The van der Waals surface area contributed by atoms with E-state index in [1.165, 1.54) is 28.5 Å². The predicted molar refractivity (Wildman–Crippen MR) is 190 cm³/mol. The molecule has 8 nitrogen and oxygen atoms in total. The Balaban J connectivity index is 1.28. The van der Waals surface area contributed by atoms with Crippen LogP contribution in [0.2, 0.25) is 0 Å². The molecule has 0 saturated carbocycles. The van der Waals surface area contributed by atoms with Gasteiger partial charge in [0.1, 0.15) is 0 Å². The van der Waals surface area contributed by atoms with Crippen molar-refractivity contribution in [3.8, 4) is 22.5 Å². The maximum atomic E-state index is 12.2. The molecule has 0 fully saturated rings. The van der Waals surface area contributed by atoms with Crippen molar-refractivity contribution >= 4 is 11.9 Å². The number of aromatic nitrogens is 3. The van der Waals surface area contributed by atoms with Crippen LogP contribution in [0.1, 0.15) is 74.4 Å². The summed E-state index contributed by atoms with van der Waals surface area (Å²) in [5.74, 6) is -2.12. The average molecular weight is 655 g/mol. The van der Waals surface area contributed by atoms with Crippen LogP contribution in [0.5, 0.6) is 0 Å². The molecule has 2 aromatic carbocycles. The number of rotatable bonds is 14. The maximum absolute atomic E-state index is 12.2. The van der Waals surface area contributed by atoms with Crippen LogP contribution in [0.15, 0.2) is 85.2 Å². The first kappa shape index (κ1) is 33.7. The smallest absolute Gasteiger partial charge is 0.355 e. The number of pyridine rings is 3. The van der Waals surface area contributed by atoms with Gasteiger partial charge in [0.15, 0.2) is 5.69 Å².